The molecule has 36 heavy (non-hydrogen) atoms. The molecule has 1 heterocycles. The first-order valence-electron chi connectivity index (χ1n) is 11.0. The number of rotatable bonds is 9. The number of anilines is 2. The number of hydrogen-bond donors (Lipinski definition) is 2. The zero-order valence-electron chi connectivity index (χ0n) is 19.8. The number of methoxy groups -OCH3 is 2. The van der Waals surface area contributed by atoms with Gasteiger partial charge in [-0.05, 0) is 48.5 Å². The Labute approximate surface area is 208 Å². The maximum Gasteiger partial charge on any atom is 0.323 e. The number of aromatic nitrogens is 1. The van der Waals surface area contributed by atoms with Crippen LogP contribution in [-0.4, -0.2) is 38.4 Å². The molecular weight excluding hydrogens is 460 g/mol. The Kier molecular flexibility index (Phi) is 7.80. The fourth-order valence-corrected chi connectivity index (χ4v) is 3.41. The van der Waals surface area contributed by atoms with E-state index >= 15 is 0 Å². The van der Waals surface area contributed by atoms with Gasteiger partial charge >= 0.3 is 6.03 Å². The van der Waals surface area contributed by atoms with Crippen LogP contribution >= 0.6 is 0 Å². The highest BCUT2D eigenvalue weighted by molar-refractivity contribution is 5.99. The van der Waals surface area contributed by atoms with Crippen molar-refractivity contribution >= 4 is 28.3 Å². The molecule has 4 rings (SSSR count). The van der Waals surface area contributed by atoms with E-state index < -0.39 is 0 Å². The molecule has 0 fully saturated rings. The predicted molar refractivity (Wildman–Crippen MR) is 136 cm³/mol. The Hall–Kier alpha value is -4.81. The molecule has 9 nitrogen and oxygen atoms in total. The van der Waals surface area contributed by atoms with Crippen LogP contribution in [0.3, 0.4) is 0 Å². The average Bonchev–Trinajstić information content (AvgIpc) is 2.89. The van der Waals surface area contributed by atoms with Crippen molar-refractivity contribution in [3.8, 4) is 29.1 Å². The molecule has 2 amide bonds. The van der Waals surface area contributed by atoms with Gasteiger partial charge in [0.05, 0.1) is 24.8 Å². The lowest BCUT2D eigenvalue weighted by Gasteiger charge is -2.12. The van der Waals surface area contributed by atoms with Crippen LogP contribution in [0.25, 0.3) is 10.9 Å². The molecule has 3 aromatic carbocycles. The number of nitrogens with zero attached hydrogens (tertiary/aromatic N) is 2. The van der Waals surface area contributed by atoms with E-state index in [2.05, 4.69) is 21.7 Å². The summed E-state index contributed by atoms with van der Waals surface area (Å²) in [5.74, 6) is 2.18. The molecule has 0 saturated carbocycles. The Balaban J connectivity index is 1.45. The maximum absolute atomic E-state index is 12.3. The Bertz CT molecular complexity index is 1400. The third-order valence-corrected chi connectivity index (χ3v) is 5.14. The van der Waals surface area contributed by atoms with Crippen molar-refractivity contribution in [2.24, 2.45) is 0 Å². The highest BCUT2D eigenvalue weighted by Crippen LogP contribution is 2.33. The van der Waals surface area contributed by atoms with Crippen molar-refractivity contribution in [3.63, 3.8) is 0 Å². The van der Waals surface area contributed by atoms with Gasteiger partial charge in [0, 0.05) is 42.2 Å². The monoisotopic (exact) mass is 484 g/mol. The zero-order valence-corrected chi connectivity index (χ0v) is 19.8. The number of amides is 2. The molecule has 0 aliphatic heterocycles. The van der Waals surface area contributed by atoms with Gasteiger partial charge in [-0.2, -0.15) is 5.26 Å². The Morgan fingerprint density at radius 3 is 2.47 bits per heavy atom. The lowest BCUT2D eigenvalue weighted by atomic mass is 10.1. The zero-order chi connectivity index (χ0) is 25.3. The van der Waals surface area contributed by atoms with Gasteiger partial charge in [-0.25, -0.2) is 4.79 Å². The van der Waals surface area contributed by atoms with Gasteiger partial charge in [-0.3, -0.25) is 4.98 Å². The number of pyridine rings is 1. The van der Waals surface area contributed by atoms with E-state index in [1.54, 1.807) is 87.1 Å². The number of benzene rings is 3. The number of fused-ring (bicyclic) bond motifs is 1. The smallest absolute Gasteiger partial charge is 0.323 e. The molecule has 0 unspecified atom stereocenters. The standard InChI is InChI=1S/C27H24N4O5/c1-33-12-13-35-26-16-24-23(14-18(26)17-28)25(10-11-29-24)36-21-8-6-19(7-9-21)30-27(32)31-20-4-3-5-22(15-20)34-2/h3-11,14-16H,12-13H2,1-2H3,(H2,30,31,32). The number of ether oxygens (including phenoxy) is 4. The summed E-state index contributed by atoms with van der Waals surface area (Å²) < 4.78 is 21.9. The molecule has 1 aromatic heterocycles. The second-order valence-corrected chi connectivity index (χ2v) is 7.57. The summed E-state index contributed by atoms with van der Waals surface area (Å²) in [6.07, 6.45) is 1.63. The maximum atomic E-state index is 12.3. The summed E-state index contributed by atoms with van der Waals surface area (Å²) in [4.78, 5) is 16.7. The summed E-state index contributed by atoms with van der Waals surface area (Å²) >= 11 is 0. The SMILES string of the molecule is COCCOc1cc2nccc(Oc3ccc(NC(=O)Nc4cccc(OC)c4)cc3)c2cc1C#N. The van der Waals surface area contributed by atoms with Gasteiger partial charge in [-0.1, -0.05) is 6.07 Å². The first-order chi connectivity index (χ1) is 17.6. The van der Waals surface area contributed by atoms with Gasteiger partial charge in [-0.15, -0.1) is 0 Å². The first kappa shape index (κ1) is 24.3. The summed E-state index contributed by atoms with van der Waals surface area (Å²) in [6.45, 7) is 0.734. The minimum atomic E-state index is -0.385. The molecule has 0 aliphatic rings. The highest BCUT2D eigenvalue weighted by atomic mass is 16.5. The van der Waals surface area contributed by atoms with Gasteiger partial charge in [0.2, 0.25) is 0 Å². The minimum Gasteiger partial charge on any atom is -0.497 e. The molecule has 0 bridgehead atoms. The number of nitriles is 1. The van der Waals surface area contributed by atoms with Crippen LogP contribution in [0, 0.1) is 11.3 Å². The number of carbonyl (C=O) groups excluding carboxylic acids is 1. The average molecular weight is 485 g/mol. The van der Waals surface area contributed by atoms with Crippen molar-refractivity contribution in [1.29, 1.82) is 5.26 Å². The topological polar surface area (TPSA) is 115 Å². The summed E-state index contributed by atoms with van der Waals surface area (Å²) in [5.41, 5.74) is 2.21. The van der Waals surface area contributed by atoms with E-state index in [-0.39, 0.29) is 6.03 Å². The summed E-state index contributed by atoms with van der Waals surface area (Å²) in [5, 5.41) is 15.8. The molecule has 2 N–H and O–H groups in total. The summed E-state index contributed by atoms with van der Waals surface area (Å²) in [6, 6.07) is 20.9. The van der Waals surface area contributed by atoms with Gasteiger partial charge in [0.15, 0.2) is 0 Å². The molecule has 0 radical (unpaired) electrons. The van der Waals surface area contributed by atoms with Crippen LogP contribution in [0.1, 0.15) is 5.56 Å². The lowest BCUT2D eigenvalue weighted by molar-refractivity contribution is 0.146. The molecular formula is C27H24N4O5. The van der Waals surface area contributed by atoms with Crippen LogP contribution in [0.4, 0.5) is 16.2 Å². The van der Waals surface area contributed by atoms with Crippen molar-refractivity contribution in [1.82, 2.24) is 4.98 Å². The molecule has 4 aromatic rings. The fraction of sp³-hybridized carbons (Fsp3) is 0.148. The third kappa shape index (κ3) is 6.00. The van der Waals surface area contributed by atoms with E-state index in [0.717, 1.165) is 0 Å². The second kappa shape index (κ2) is 11.6. The van der Waals surface area contributed by atoms with E-state index in [4.69, 9.17) is 18.9 Å². The first-order valence-corrected chi connectivity index (χ1v) is 11.0. The molecule has 0 saturated heterocycles. The van der Waals surface area contributed by atoms with Crippen molar-refractivity contribution < 1.29 is 23.7 Å². The van der Waals surface area contributed by atoms with Crippen LogP contribution < -0.4 is 24.8 Å². The van der Waals surface area contributed by atoms with Crippen LogP contribution in [0.5, 0.6) is 23.0 Å². The lowest BCUT2D eigenvalue weighted by Crippen LogP contribution is -2.19. The quantitative estimate of drug-likeness (QED) is 0.298. The molecule has 9 heteroatoms. The Morgan fingerprint density at radius 1 is 0.917 bits per heavy atom. The molecule has 0 atom stereocenters. The highest BCUT2D eigenvalue weighted by Gasteiger charge is 2.12. The van der Waals surface area contributed by atoms with Crippen LogP contribution in [0.2, 0.25) is 0 Å². The fourth-order valence-electron chi connectivity index (χ4n) is 3.41. The normalized spacial score (nSPS) is 10.4. The van der Waals surface area contributed by atoms with Gasteiger partial charge in [0.1, 0.15) is 35.7 Å². The minimum absolute atomic E-state index is 0.324. The molecule has 0 spiro atoms. The molecule has 182 valence electrons. The molecule has 0 aliphatic carbocycles. The van der Waals surface area contributed by atoms with Crippen molar-refractivity contribution in [2.45, 2.75) is 0 Å². The predicted octanol–water partition coefficient (Wildman–Crippen LogP) is 5.58. The van der Waals surface area contributed by atoms with E-state index in [9.17, 15) is 10.1 Å². The van der Waals surface area contributed by atoms with Crippen molar-refractivity contribution in [3.05, 3.63) is 78.5 Å². The van der Waals surface area contributed by atoms with Gasteiger partial charge in [0.25, 0.3) is 0 Å². The van der Waals surface area contributed by atoms with Gasteiger partial charge < -0.3 is 29.6 Å². The van der Waals surface area contributed by atoms with E-state index in [1.165, 1.54) is 0 Å². The third-order valence-electron chi connectivity index (χ3n) is 5.14. The summed E-state index contributed by atoms with van der Waals surface area (Å²) in [7, 11) is 3.15. The second-order valence-electron chi connectivity index (χ2n) is 7.57. The van der Waals surface area contributed by atoms with Crippen molar-refractivity contribution in [2.75, 3.05) is 38.1 Å². The largest absolute Gasteiger partial charge is 0.497 e. The number of nitrogens with one attached hydrogen (secondary N) is 2. The van der Waals surface area contributed by atoms with Crippen LogP contribution in [-0.2, 0) is 4.74 Å². The number of hydrogen-bond acceptors (Lipinski definition) is 7. The van der Waals surface area contributed by atoms with E-state index in [0.29, 0.717) is 64.1 Å². The Morgan fingerprint density at radius 2 is 1.72 bits per heavy atom. The number of carbonyl (C=O) groups is 1. The number of urea groups is 1. The van der Waals surface area contributed by atoms with Crippen LogP contribution in [0.15, 0.2) is 72.9 Å². The van der Waals surface area contributed by atoms with E-state index in [1.807, 2.05) is 0 Å².